The van der Waals surface area contributed by atoms with Crippen molar-refractivity contribution in [3.8, 4) is 0 Å². The van der Waals surface area contributed by atoms with Crippen LogP contribution in [-0.2, 0) is 4.74 Å². The second kappa shape index (κ2) is 11.0. The normalized spacial score (nSPS) is 17.1. The summed E-state index contributed by atoms with van der Waals surface area (Å²) < 4.78 is 19.4. The van der Waals surface area contributed by atoms with Crippen molar-refractivity contribution in [3.63, 3.8) is 0 Å². The van der Waals surface area contributed by atoms with Gasteiger partial charge in [0.1, 0.15) is 5.60 Å². The summed E-state index contributed by atoms with van der Waals surface area (Å²) in [7, 11) is 0. The summed E-state index contributed by atoms with van der Waals surface area (Å²) in [6.45, 7) is 13.1. The minimum absolute atomic E-state index is 0.136. The Hall–Kier alpha value is -2.58. The number of rotatable bonds is 7. The Bertz CT molecular complexity index is 722. The number of nitrogens with one attached hydrogen (secondary N) is 2. The SMILES string of the molecule is CCNC(=NCCN(CC)C(=O)OC(C)(C)C)NC1CCN(c2ncccc2F)C1. The van der Waals surface area contributed by atoms with E-state index in [-0.39, 0.29) is 18.0 Å². The van der Waals surface area contributed by atoms with Gasteiger partial charge in [0.25, 0.3) is 0 Å². The molecule has 2 rings (SSSR count). The number of carbonyl (C=O) groups is 1. The molecule has 2 N–H and O–H groups in total. The highest BCUT2D eigenvalue weighted by Crippen LogP contribution is 2.20. The third kappa shape index (κ3) is 7.35. The van der Waals surface area contributed by atoms with Crippen LogP contribution in [0, 0.1) is 5.82 Å². The highest BCUT2D eigenvalue weighted by Gasteiger charge is 2.26. The van der Waals surface area contributed by atoms with Gasteiger partial charge >= 0.3 is 6.09 Å². The zero-order chi connectivity index (χ0) is 22.1. The Kier molecular flexibility index (Phi) is 8.68. The lowest BCUT2D eigenvalue weighted by Crippen LogP contribution is -2.45. The molecule has 1 atom stereocenters. The molecule has 1 aromatic rings. The Morgan fingerprint density at radius 2 is 2.20 bits per heavy atom. The van der Waals surface area contributed by atoms with Gasteiger partial charge in [-0.3, -0.25) is 4.99 Å². The molecule has 1 aliphatic heterocycles. The molecule has 9 heteroatoms. The summed E-state index contributed by atoms with van der Waals surface area (Å²) in [6, 6.07) is 3.16. The molecule has 0 spiro atoms. The number of guanidine groups is 1. The van der Waals surface area contributed by atoms with E-state index in [1.165, 1.54) is 6.07 Å². The quantitative estimate of drug-likeness (QED) is 0.519. The number of ether oxygens (including phenoxy) is 1. The molecule has 1 saturated heterocycles. The lowest BCUT2D eigenvalue weighted by atomic mass is 10.2. The summed E-state index contributed by atoms with van der Waals surface area (Å²) in [4.78, 5) is 24.6. The number of pyridine rings is 1. The number of halogens is 1. The van der Waals surface area contributed by atoms with Gasteiger partial charge in [-0.2, -0.15) is 0 Å². The largest absolute Gasteiger partial charge is 0.444 e. The van der Waals surface area contributed by atoms with Crippen molar-refractivity contribution in [1.29, 1.82) is 0 Å². The molecule has 1 fully saturated rings. The summed E-state index contributed by atoms with van der Waals surface area (Å²) in [5.74, 6) is 0.770. The minimum Gasteiger partial charge on any atom is -0.444 e. The van der Waals surface area contributed by atoms with Crippen LogP contribution in [0.4, 0.5) is 15.0 Å². The number of aromatic nitrogens is 1. The average Bonchev–Trinajstić information content (AvgIpc) is 3.12. The number of aliphatic imine (C=N–C) groups is 1. The fourth-order valence-electron chi connectivity index (χ4n) is 3.18. The van der Waals surface area contributed by atoms with Gasteiger partial charge in [0.05, 0.1) is 6.54 Å². The van der Waals surface area contributed by atoms with E-state index in [9.17, 15) is 9.18 Å². The Labute approximate surface area is 178 Å². The summed E-state index contributed by atoms with van der Waals surface area (Å²) >= 11 is 0. The topological polar surface area (TPSA) is 82.1 Å². The van der Waals surface area contributed by atoms with Gasteiger partial charge in [0, 0.05) is 45.0 Å². The monoisotopic (exact) mass is 422 g/mol. The maximum atomic E-state index is 14.0. The molecule has 1 aliphatic rings. The van der Waals surface area contributed by atoms with E-state index in [0.29, 0.717) is 38.0 Å². The molecule has 168 valence electrons. The van der Waals surface area contributed by atoms with Crippen molar-refractivity contribution in [2.24, 2.45) is 4.99 Å². The average molecular weight is 423 g/mol. The molecular weight excluding hydrogens is 387 g/mol. The van der Waals surface area contributed by atoms with Gasteiger partial charge in [-0.1, -0.05) is 0 Å². The Morgan fingerprint density at radius 1 is 1.43 bits per heavy atom. The summed E-state index contributed by atoms with van der Waals surface area (Å²) in [5, 5.41) is 6.64. The van der Waals surface area contributed by atoms with E-state index in [1.807, 2.05) is 39.5 Å². The highest BCUT2D eigenvalue weighted by atomic mass is 19.1. The Morgan fingerprint density at radius 3 is 2.83 bits per heavy atom. The molecule has 8 nitrogen and oxygen atoms in total. The predicted molar refractivity (Wildman–Crippen MR) is 117 cm³/mol. The number of hydrogen-bond acceptors (Lipinski definition) is 5. The van der Waals surface area contributed by atoms with E-state index in [2.05, 4.69) is 20.6 Å². The van der Waals surface area contributed by atoms with Gasteiger partial charge in [0.15, 0.2) is 17.6 Å². The number of hydrogen-bond donors (Lipinski definition) is 2. The van der Waals surface area contributed by atoms with Crippen LogP contribution in [0.2, 0.25) is 0 Å². The van der Waals surface area contributed by atoms with Crippen molar-refractivity contribution in [1.82, 2.24) is 20.5 Å². The Balaban J connectivity index is 1.90. The van der Waals surface area contributed by atoms with Crippen molar-refractivity contribution >= 4 is 17.9 Å². The van der Waals surface area contributed by atoms with Crippen molar-refractivity contribution < 1.29 is 13.9 Å². The first-order chi connectivity index (χ1) is 14.2. The van der Waals surface area contributed by atoms with Crippen molar-refractivity contribution in [2.75, 3.05) is 44.2 Å². The van der Waals surface area contributed by atoms with Crippen molar-refractivity contribution in [3.05, 3.63) is 24.1 Å². The number of likely N-dealkylation sites (N-methyl/N-ethyl adjacent to an activating group) is 1. The highest BCUT2D eigenvalue weighted by molar-refractivity contribution is 5.80. The van der Waals surface area contributed by atoms with Crippen LogP contribution in [-0.4, -0.2) is 72.8 Å². The van der Waals surface area contributed by atoms with E-state index < -0.39 is 5.60 Å². The van der Waals surface area contributed by atoms with Crippen LogP contribution >= 0.6 is 0 Å². The van der Waals surface area contributed by atoms with E-state index in [4.69, 9.17) is 4.74 Å². The van der Waals surface area contributed by atoms with Crippen LogP contribution in [0.1, 0.15) is 41.0 Å². The van der Waals surface area contributed by atoms with Gasteiger partial charge in [-0.15, -0.1) is 0 Å². The maximum absolute atomic E-state index is 14.0. The third-order valence-electron chi connectivity index (χ3n) is 4.59. The minimum atomic E-state index is -0.522. The molecule has 0 radical (unpaired) electrons. The molecule has 0 saturated carbocycles. The zero-order valence-electron chi connectivity index (χ0n) is 18.7. The van der Waals surface area contributed by atoms with Gasteiger partial charge in [0.2, 0.25) is 0 Å². The van der Waals surface area contributed by atoms with E-state index >= 15 is 0 Å². The summed E-state index contributed by atoms with van der Waals surface area (Å²) in [6.07, 6.45) is 2.14. The van der Waals surface area contributed by atoms with Crippen LogP contribution < -0.4 is 15.5 Å². The van der Waals surface area contributed by atoms with E-state index in [1.54, 1.807) is 17.2 Å². The smallest absolute Gasteiger partial charge is 0.410 e. The standard InChI is InChI=1S/C21H35FN6O2/c1-6-23-19(25-12-14-27(7-2)20(29)30-21(3,4)5)26-16-10-13-28(15-16)18-17(22)9-8-11-24-18/h8-9,11,16H,6-7,10,12-15H2,1-5H3,(H2,23,25,26). The maximum Gasteiger partial charge on any atom is 0.410 e. The molecule has 0 aliphatic carbocycles. The van der Waals surface area contributed by atoms with Crippen LogP contribution in [0.3, 0.4) is 0 Å². The second-order valence-corrected chi connectivity index (χ2v) is 8.21. The lowest BCUT2D eigenvalue weighted by Gasteiger charge is -2.26. The fraction of sp³-hybridized carbons (Fsp3) is 0.667. The second-order valence-electron chi connectivity index (χ2n) is 8.21. The van der Waals surface area contributed by atoms with Crippen molar-refractivity contribution in [2.45, 2.75) is 52.7 Å². The van der Waals surface area contributed by atoms with Crippen LogP contribution in [0.5, 0.6) is 0 Å². The van der Waals surface area contributed by atoms with Crippen LogP contribution in [0.25, 0.3) is 0 Å². The molecule has 0 bridgehead atoms. The number of amides is 1. The zero-order valence-corrected chi connectivity index (χ0v) is 18.7. The first-order valence-corrected chi connectivity index (χ1v) is 10.6. The molecule has 1 unspecified atom stereocenters. The van der Waals surface area contributed by atoms with E-state index in [0.717, 1.165) is 19.5 Å². The van der Waals surface area contributed by atoms with Gasteiger partial charge < -0.3 is 25.2 Å². The lowest BCUT2D eigenvalue weighted by molar-refractivity contribution is 0.0266. The van der Waals surface area contributed by atoms with Gasteiger partial charge in [-0.25, -0.2) is 14.2 Å². The molecule has 30 heavy (non-hydrogen) atoms. The summed E-state index contributed by atoms with van der Waals surface area (Å²) in [5.41, 5.74) is -0.522. The third-order valence-corrected chi connectivity index (χ3v) is 4.59. The molecule has 2 heterocycles. The molecule has 1 aromatic heterocycles. The number of carbonyl (C=O) groups excluding carboxylic acids is 1. The number of nitrogens with zero attached hydrogens (tertiary/aromatic N) is 4. The van der Waals surface area contributed by atoms with Crippen LogP contribution in [0.15, 0.2) is 23.3 Å². The fourth-order valence-corrected chi connectivity index (χ4v) is 3.18. The first kappa shape index (κ1) is 23.7. The molecule has 0 aromatic carbocycles. The first-order valence-electron chi connectivity index (χ1n) is 10.6. The number of anilines is 1. The molecular formula is C21H35FN6O2. The predicted octanol–water partition coefficient (Wildman–Crippen LogP) is 2.61. The molecule has 1 amide bonds. The van der Waals surface area contributed by atoms with Gasteiger partial charge in [-0.05, 0) is 53.2 Å².